The van der Waals surface area contributed by atoms with Gasteiger partial charge in [-0.2, -0.15) is 5.10 Å². The van der Waals surface area contributed by atoms with Gasteiger partial charge in [0.05, 0.1) is 23.7 Å². The summed E-state index contributed by atoms with van der Waals surface area (Å²) in [7, 11) is 1.67. The molecule has 5 rings (SSSR count). The van der Waals surface area contributed by atoms with Gasteiger partial charge < -0.3 is 9.47 Å². The Bertz CT molecular complexity index is 1020. The Morgan fingerprint density at radius 3 is 2.85 bits per heavy atom. The molecule has 1 aromatic heterocycles. The van der Waals surface area contributed by atoms with Crippen LogP contribution in [0.15, 0.2) is 65.1 Å². The molecule has 0 spiro atoms. The van der Waals surface area contributed by atoms with Gasteiger partial charge in [-0.05, 0) is 29.6 Å². The molecule has 3 heterocycles. The molecule has 3 aromatic rings. The molecule has 2 aromatic carbocycles. The van der Waals surface area contributed by atoms with Gasteiger partial charge in [-0.3, -0.25) is 0 Å². The number of hydrazone groups is 1. The number of fused-ring (bicyclic) bond motifs is 3. The van der Waals surface area contributed by atoms with E-state index in [1.807, 2.05) is 36.4 Å². The van der Waals surface area contributed by atoms with Gasteiger partial charge in [0.15, 0.2) is 11.5 Å². The van der Waals surface area contributed by atoms with Crippen molar-refractivity contribution >= 4 is 28.6 Å². The number of nitrogens with zero attached hydrogens (tertiary/aromatic N) is 2. The van der Waals surface area contributed by atoms with Crippen LogP contribution in [0.2, 0.25) is 5.02 Å². The summed E-state index contributed by atoms with van der Waals surface area (Å²) in [6, 6.07) is 18.1. The molecule has 0 unspecified atom stereocenters. The molecule has 0 N–H and O–H groups in total. The summed E-state index contributed by atoms with van der Waals surface area (Å²) >= 11 is 7.95. The first kappa shape index (κ1) is 16.7. The van der Waals surface area contributed by atoms with E-state index in [1.54, 1.807) is 18.4 Å². The van der Waals surface area contributed by atoms with Crippen molar-refractivity contribution in [3.05, 3.63) is 81.0 Å². The number of halogens is 1. The monoisotopic (exact) mass is 396 g/mol. The predicted octanol–water partition coefficient (Wildman–Crippen LogP) is 5.65. The molecule has 136 valence electrons. The van der Waals surface area contributed by atoms with Crippen LogP contribution in [0.1, 0.15) is 34.7 Å². The highest BCUT2D eigenvalue weighted by molar-refractivity contribution is 7.12. The molecule has 4 nitrogen and oxygen atoms in total. The Hall–Kier alpha value is -2.50. The summed E-state index contributed by atoms with van der Waals surface area (Å²) < 4.78 is 12.0. The van der Waals surface area contributed by atoms with Crippen molar-refractivity contribution in [3.8, 4) is 11.5 Å². The third kappa shape index (κ3) is 2.78. The second-order valence-electron chi connectivity index (χ2n) is 6.53. The fraction of sp³-hybridized carbons (Fsp3) is 0.190. The number of hydrogen-bond donors (Lipinski definition) is 0. The predicted molar refractivity (Wildman–Crippen MR) is 108 cm³/mol. The fourth-order valence-electron chi connectivity index (χ4n) is 3.72. The summed E-state index contributed by atoms with van der Waals surface area (Å²) in [6.07, 6.45) is 0.483. The highest BCUT2D eigenvalue weighted by Crippen LogP contribution is 2.50. The van der Waals surface area contributed by atoms with Crippen molar-refractivity contribution in [2.45, 2.75) is 18.7 Å². The summed E-state index contributed by atoms with van der Waals surface area (Å²) in [6.45, 7) is 0. The zero-order valence-corrected chi connectivity index (χ0v) is 16.2. The molecule has 0 aliphatic carbocycles. The van der Waals surface area contributed by atoms with Crippen LogP contribution in [0.4, 0.5) is 0 Å². The standard InChI is InChI=1S/C21H17ClN2O2S/c1-25-18-8-3-7-15-17-12-16(19-9-4-10-27-19)23-24(17)21(26-20(15)18)13-5-2-6-14(22)11-13/h2-11,17,21H,12H2,1H3/t17-,21+/m1/s1. The molecule has 0 saturated carbocycles. The van der Waals surface area contributed by atoms with Gasteiger partial charge in [0.25, 0.3) is 0 Å². The van der Waals surface area contributed by atoms with Crippen LogP contribution in [0.5, 0.6) is 11.5 Å². The topological polar surface area (TPSA) is 34.1 Å². The molecular weight excluding hydrogens is 380 g/mol. The second kappa shape index (κ2) is 6.59. The molecule has 2 aliphatic rings. The first-order valence-electron chi connectivity index (χ1n) is 8.73. The smallest absolute Gasteiger partial charge is 0.214 e. The van der Waals surface area contributed by atoms with E-state index in [0.717, 1.165) is 34.8 Å². The second-order valence-corrected chi connectivity index (χ2v) is 7.91. The minimum absolute atomic E-state index is 0.102. The molecule has 27 heavy (non-hydrogen) atoms. The van der Waals surface area contributed by atoms with E-state index in [-0.39, 0.29) is 12.3 Å². The lowest BCUT2D eigenvalue weighted by atomic mass is 9.97. The molecule has 0 saturated heterocycles. The normalized spacial score (nSPS) is 20.5. The van der Waals surface area contributed by atoms with Crippen LogP contribution < -0.4 is 9.47 Å². The maximum atomic E-state index is 6.41. The Kier molecular flexibility index (Phi) is 4.06. The number of hydrogen-bond acceptors (Lipinski definition) is 5. The van der Waals surface area contributed by atoms with E-state index in [9.17, 15) is 0 Å². The van der Waals surface area contributed by atoms with Crippen LogP contribution in [0.25, 0.3) is 0 Å². The van der Waals surface area contributed by atoms with Gasteiger partial charge in [-0.1, -0.05) is 41.9 Å². The molecule has 0 radical (unpaired) electrons. The van der Waals surface area contributed by atoms with E-state index in [1.165, 1.54) is 4.88 Å². The van der Waals surface area contributed by atoms with Crippen LogP contribution in [-0.4, -0.2) is 17.8 Å². The highest BCUT2D eigenvalue weighted by Gasteiger charge is 2.42. The maximum Gasteiger partial charge on any atom is 0.214 e. The van der Waals surface area contributed by atoms with Crippen molar-refractivity contribution in [1.82, 2.24) is 5.01 Å². The number of benzene rings is 2. The zero-order valence-electron chi connectivity index (χ0n) is 14.6. The largest absolute Gasteiger partial charge is 0.493 e. The first-order chi connectivity index (χ1) is 13.2. The first-order valence-corrected chi connectivity index (χ1v) is 9.99. The van der Waals surface area contributed by atoms with E-state index in [2.05, 4.69) is 28.6 Å². The average molecular weight is 397 g/mol. The summed E-state index contributed by atoms with van der Waals surface area (Å²) in [4.78, 5) is 1.19. The Morgan fingerprint density at radius 1 is 1.19 bits per heavy atom. The summed E-state index contributed by atoms with van der Waals surface area (Å²) in [5, 5.41) is 9.77. The quantitative estimate of drug-likeness (QED) is 0.573. The van der Waals surface area contributed by atoms with Gasteiger partial charge in [-0.15, -0.1) is 11.3 Å². The Labute approximate surface area is 166 Å². The van der Waals surface area contributed by atoms with Crippen LogP contribution in [0.3, 0.4) is 0 Å². The molecule has 2 aliphatic heterocycles. The molecule has 6 heteroatoms. The minimum atomic E-state index is -0.352. The van der Waals surface area contributed by atoms with Crippen molar-refractivity contribution in [2.75, 3.05) is 7.11 Å². The van der Waals surface area contributed by atoms with E-state index in [0.29, 0.717) is 5.02 Å². The Balaban J connectivity index is 1.64. The molecule has 0 amide bonds. The van der Waals surface area contributed by atoms with Gasteiger partial charge in [0.2, 0.25) is 6.23 Å². The lowest BCUT2D eigenvalue weighted by molar-refractivity contribution is -0.0208. The van der Waals surface area contributed by atoms with Crippen molar-refractivity contribution in [1.29, 1.82) is 0 Å². The van der Waals surface area contributed by atoms with Gasteiger partial charge >= 0.3 is 0 Å². The lowest BCUT2D eigenvalue weighted by Crippen LogP contribution is -2.33. The summed E-state index contributed by atoms with van der Waals surface area (Å²) in [5.74, 6) is 1.53. The van der Waals surface area contributed by atoms with Gasteiger partial charge in [0.1, 0.15) is 0 Å². The van der Waals surface area contributed by atoms with Crippen LogP contribution in [-0.2, 0) is 0 Å². The van der Waals surface area contributed by atoms with E-state index in [4.69, 9.17) is 26.2 Å². The molecule has 0 fully saturated rings. The average Bonchev–Trinajstić information content (AvgIpc) is 3.36. The van der Waals surface area contributed by atoms with Crippen molar-refractivity contribution in [2.24, 2.45) is 5.10 Å². The number of methoxy groups -OCH3 is 1. The minimum Gasteiger partial charge on any atom is -0.493 e. The number of thiophene rings is 1. The number of rotatable bonds is 3. The van der Waals surface area contributed by atoms with Crippen LogP contribution in [0, 0.1) is 0 Å². The third-order valence-corrected chi connectivity index (χ3v) is 6.09. The number of para-hydroxylation sites is 1. The van der Waals surface area contributed by atoms with Gasteiger partial charge in [0, 0.05) is 22.6 Å². The highest BCUT2D eigenvalue weighted by atomic mass is 35.5. The maximum absolute atomic E-state index is 6.41. The Morgan fingerprint density at radius 2 is 2.07 bits per heavy atom. The fourth-order valence-corrected chi connectivity index (χ4v) is 4.64. The lowest BCUT2D eigenvalue weighted by Gasteiger charge is -2.38. The van der Waals surface area contributed by atoms with Crippen molar-refractivity contribution < 1.29 is 9.47 Å². The molecule has 0 bridgehead atoms. The zero-order chi connectivity index (χ0) is 18.4. The SMILES string of the molecule is COc1cccc2c1O[C@@H](c1cccc(Cl)c1)N1N=C(c3cccs3)C[C@H]21. The molecule has 2 atom stereocenters. The molecular formula is C21H17ClN2O2S. The van der Waals surface area contributed by atoms with Gasteiger partial charge in [-0.25, -0.2) is 5.01 Å². The van der Waals surface area contributed by atoms with Crippen molar-refractivity contribution in [3.63, 3.8) is 0 Å². The van der Waals surface area contributed by atoms with E-state index < -0.39 is 0 Å². The van der Waals surface area contributed by atoms with Crippen LogP contribution >= 0.6 is 22.9 Å². The summed E-state index contributed by atoms with van der Waals surface area (Å²) in [5.41, 5.74) is 3.16. The third-order valence-electron chi connectivity index (χ3n) is 4.94. The van der Waals surface area contributed by atoms with E-state index >= 15 is 0 Å². The number of ether oxygens (including phenoxy) is 2.